The highest BCUT2D eigenvalue weighted by Gasteiger charge is 2.17. The number of benzene rings is 1. The van der Waals surface area contributed by atoms with Crippen molar-refractivity contribution in [3.63, 3.8) is 0 Å². The second-order valence-corrected chi connectivity index (χ2v) is 3.55. The molecule has 1 unspecified atom stereocenters. The monoisotopic (exact) mass is 211 g/mol. The van der Waals surface area contributed by atoms with E-state index >= 15 is 0 Å². The Balaban J connectivity index is 1.98. The zero-order valence-corrected chi connectivity index (χ0v) is 8.63. The van der Waals surface area contributed by atoms with E-state index in [-0.39, 0.29) is 11.6 Å². The molecule has 0 radical (unpaired) electrons. The predicted molar refractivity (Wildman–Crippen MR) is 54.9 cm³/mol. The van der Waals surface area contributed by atoms with Gasteiger partial charge in [-0.2, -0.15) is 0 Å². The number of nitrogens with one attached hydrogen (secondary N) is 1. The van der Waals surface area contributed by atoms with Gasteiger partial charge >= 0.3 is 0 Å². The number of hydrogen-bond acceptors (Lipinski definition) is 3. The van der Waals surface area contributed by atoms with Crippen LogP contribution in [0.2, 0.25) is 0 Å². The van der Waals surface area contributed by atoms with Crippen molar-refractivity contribution in [3.05, 3.63) is 24.0 Å². The Morgan fingerprint density at radius 3 is 2.93 bits per heavy atom. The molecule has 1 saturated heterocycles. The fourth-order valence-corrected chi connectivity index (χ4v) is 1.40. The molecule has 1 aromatic rings. The second kappa shape index (κ2) is 4.49. The van der Waals surface area contributed by atoms with Gasteiger partial charge in [0.2, 0.25) is 0 Å². The van der Waals surface area contributed by atoms with Crippen molar-refractivity contribution in [2.24, 2.45) is 0 Å². The molecule has 0 amide bonds. The zero-order valence-electron chi connectivity index (χ0n) is 8.63. The summed E-state index contributed by atoms with van der Waals surface area (Å²) in [6, 6.07) is 4.84. The van der Waals surface area contributed by atoms with Crippen LogP contribution < -0.4 is 14.8 Å². The Labute approximate surface area is 88.2 Å². The van der Waals surface area contributed by atoms with Gasteiger partial charge in [0.1, 0.15) is 12.4 Å². The van der Waals surface area contributed by atoms with Gasteiger partial charge in [-0.25, -0.2) is 4.39 Å². The maximum atomic E-state index is 13.3. The van der Waals surface area contributed by atoms with Crippen molar-refractivity contribution >= 4 is 0 Å². The first-order chi connectivity index (χ1) is 7.29. The summed E-state index contributed by atoms with van der Waals surface area (Å²) in [7, 11) is 1.55. The van der Waals surface area contributed by atoms with E-state index in [4.69, 9.17) is 9.47 Å². The van der Waals surface area contributed by atoms with Crippen molar-refractivity contribution < 1.29 is 13.9 Å². The van der Waals surface area contributed by atoms with Crippen LogP contribution in [0, 0.1) is 5.82 Å². The molecule has 1 aliphatic heterocycles. The fraction of sp³-hybridized carbons (Fsp3) is 0.455. The van der Waals surface area contributed by atoms with Crippen LogP contribution in [0.25, 0.3) is 0 Å². The molecular weight excluding hydrogens is 197 g/mol. The third-order valence-electron chi connectivity index (χ3n) is 2.50. The molecule has 0 spiro atoms. The van der Waals surface area contributed by atoms with Crippen LogP contribution in [0.4, 0.5) is 4.39 Å². The van der Waals surface area contributed by atoms with Gasteiger partial charge in [0.25, 0.3) is 0 Å². The van der Waals surface area contributed by atoms with Gasteiger partial charge in [-0.3, -0.25) is 0 Å². The molecule has 1 N–H and O–H groups in total. The SMILES string of the molecule is COc1ccc(F)c(OCC2CCN2)c1. The summed E-state index contributed by atoms with van der Waals surface area (Å²) in [5.74, 6) is 0.506. The first-order valence-corrected chi connectivity index (χ1v) is 4.99. The van der Waals surface area contributed by atoms with E-state index in [0.717, 1.165) is 13.0 Å². The van der Waals surface area contributed by atoms with E-state index in [1.54, 1.807) is 19.2 Å². The van der Waals surface area contributed by atoms with E-state index < -0.39 is 0 Å². The van der Waals surface area contributed by atoms with Crippen molar-refractivity contribution in [2.45, 2.75) is 12.5 Å². The number of hydrogen-bond donors (Lipinski definition) is 1. The fourth-order valence-electron chi connectivity index (χ4n) is 1.40. The molecule has 2 rings (SSSR count). The molecule has 1 aliphatic rings. The van der Waals surface area contributed by atoms with Crippen LogP contribution in [0.3, 0.4) is 0 Å². The molecule has 1 heterocycles. The van der Waals surface area contributed by atoms with Gasteiger partial charge in [-0.1, -0.05) is 0 Å². The maximum Gasteiger partial charge on any atom is 0.165 e. The van der Waals surface area contributed by atoms with Gasteiger partial charge in [0.05, 0.1) is 7.11 Å². The Bertz CT molecular complexity index is 339. The lowest BCUT2D eigenvalue weighted by molar-refractivity contribution is 0.210. The summed E-state index contributed by atoms with van der Waals surface area (Å²) in [6.07, 6.45) is 1.09. The average Bonchev–Trinajstić information content (AvgIpc) is 2.18. The van der Waals surface area contributed by atoms with E-state index in [9.17, 15) is 4.39 Å². The van der Waals surface area contributed by atoms with Crippen LogP contribution >= 0.6 is 0 Å². The summed E-state index contributed by atoms with van der Waals surface area (Å²) in [5.41, 5.74) is 0. The van der Waals surface area contributed by atoms with Crippen LogP contribution in [0.15, 0.2) is 18.2 Å². The maximum absolute atomic E-state index is 13.3. The molecule has 1 aromatic carbocycles. The lowest BCUT2D eigenvalue weighted by Gasteiger charge is -2.27. The average molecular weight is 211 g/mol. The van der Waals surface area contributed by atoms with Crippen molar-refractivity contribution in [3.8, 4) is 11.5 Å². The third kappa shape index (κ3) is 2.39. The second-order valence-electron chi connectivity index (χ2n) is 3.55. The van der Waals surface area contributed by atoms with Gasteiger partial charge in [0.15, 0.2) is 11.6 Å². The van der Waals surface area contributed by atoms with E-state index in [2.05, 4.69) is 5.32 Å². The molecule has 0 aromatic heterocycles. The van der Waals surface area contributed by atoms with Crippen LogP contribution in [-0.4, -0.2) is 26.3 Å². The van der Waals surface area contributed by atoms with Crippen molar-refractivity contribution in [1.29, 1.82) is 0 Å². The van der Waals surface area contributed by atoms with E-state index in [1.165, 1.54) is 6.07 Å². The normalized spacial score (nSPS) is 19.5. The predicted octanol–water partition coefficient (Wildman–Crippen LogP) is 1.58. The minimum atomic E-state index is -0.352. The summed E-state index contributed by atoms with van der Waals surface area (Å²) in [4.78, 5) is 0. The van der Waals surface area contributed by atoms with Crippen molar-refractivity contribution in [1.82, 2.24) is 5.32 Å². The van der Waals surface area contributed by atoms with Crippen molar-refractivity contribution in [2.75, 3.05) is 20.3 Å². The number of halogens is 1. The smallest absolute Gasteiger partial charge is 0.165 e. The Morgan fingerprint density at radius 2 is 2.33 bits per heavy atom. The molecule has 1 atom stereocenters. The lowest BCUT2D eigenvalue weighted by atomic mass is 10.1. The summed E-state index contributed by atoms with van der Waals surface area (Å²) < 4.78 is 23.6. The zero-order chi connectivity index (χ0) is 10.7. The minimum absolute atomic E-state index is 0.253. The molecule has 4 heteroatoms. The first kappa shape index (κ1) is 10.2. The highest BCUT2D eigenvalue weighted by Crippen LogP contribution is 2.23. The number of rotatable bonds is 4. The first-order valence-electron chi connectivity index (χ1n) is 4.99. The number of ether oxygens (including phenoxy) is 2. The molecule has 3 nitrogen and oxygen atoms in total. The Kier molecular flexibility index (Phi) is 3.06. The van der Waals surface area contributed by atoms with Gasteiger partial charge in [-0.15, -0.1) is 0 Å². The molecule has 15 heavy (non-hydrogen) atoms. The molecule has 0 saturated carbocycles. The van der Waals surface area contributed by atoms with E-state index in [1.807, 2.05) is 0 Å². The lowest BCUT2D eigenvalue weighted by Crippen LogP contribution is -2.46. The molecule has 0 bridgehead atoms. The van der Waals surface area contributed by atoms with Gasteiger partial charge in [0, 0.05) is 12.1 Å². The largest absolute Gasteiger partial charge is 0.497 e. The van der Waals surface area contributed by atoms with Gasteiger partial charge in [-0.05, 0) is 25.1 Å². The quantitative estimate of drug-likeness (QED) is 0.820. The molecule has 0 aliphatic carbocycles. The Morgan fingerprint density at radius 1 is 1.53 bits per heavy atom. The molecule has 82 valence electrons. The molecule has 1 fully saturated rings. The van der Waals surface area contributed by atoms with Crippen LogP contribution in [-0.2, 0) is 0 Å². The summed E-state index contributed by atoms with van der Waals surface area (Å²) in [6.45, 7) is 1.53. The summed E-state index contributed by atoms with van der Waals surface area (Å²) >= 11 is 0. The number of methoxy groups -OCH3 is 1. The minimum Gasteiger partial charge on any atom is -0.497 e. The summed E-state index contributed by atoms with van der Waals surface area (Å²) in [5, 5.41) is 3.19. The topological polar surface area (TPSA) is 30.5 Å². The van der Waals surface area contributed by atoms with Gasteiger partial charge < -0.3 is 14.8 Å². The standard InChI is InChI=1S/C11H14FNO2/c1-14-9-2-3-10(12)11(6-9)15-7-8-4-5-13-8/h2-3,6,8,13H,4-5,7H2,1H3. The van der Waals surface area contributed by atoms with Crippen LogP contribution in [0.5, 0.6) is 11.5 Å². The highest BCUT2D eigenvalue weighted by molar-refractivity contribution is 5.34. The molecular formula is C11H14FNO2. The van der Waals surface area contributed by atoms with Crippen LogP contribution in [0.1, 0.15) is 6.42 Å². The highest BCUT2D eigenvalue weighted by atomic mass is 19.1. The Hall–Kier alpha value is -1.29. The van der Waals surface area contributed by atoms with E-state index in [0.29, 0.717) is 18.4 Å². The third-order valence-corrected chi connectivity index (χ3v) is 2.50.